The molecular formula is C13H15N3O4. The van der Waals surface area contributed by atoms with Crippen LogP contribution in [0.4, 0.5) is 5.69 Å². The summed E-state index contributed by atoms with van der Waals surface area (Å²) in [4.78, 5) is 27.3. The third kappa shape index (κ3) is 3.05. The largest absolute Gasteiger partial charge is 0.481 e. The number of carbonyl (C=O) groups is 2. The summed E-state index contributed by atoms with van der Waals surface area (Å²) in [7, 11) is 1.80. The SMILES string of the molecule is CN(CCC(=O)O)c1ccc2c(c1)ncn2CC(=O)O. The first-order chi connectivity index (χ1) is 9.47. The minimum absolute atomic E-state index is 0.0575. The monoisotopic (exact) mass is 277 g/mol. The van der Waals surface area contributed by atoms with Crippen molar-refractivity contribution in [2.45, 2.75) is 13.0 Å². The molecule has 7 heteroatoms. The minimum atomic E-state index is -0.924. The van der Waals surface area contributed by atoms with Crippen molar-refractivity contribution >= 4 is 28.7 Å². The molecule has 0 spiro atoms. The molecular weight excluding hydrogens is 262 g/mol. The Morgan fingerprint density at radius 1 is 1.30 bits per heavy atom. The van der Waals surface area contributed by atoms with Crippen LogP contribution in [0.1, 0.15) is 6.42 Å². The third-order valence-electron chi connectivity index (χ3n) is 3.01. The van der Waals surface area contributed by atoms with E-state index in [4.69, 9.17) is 10.2 Å². The number of carboxylic acid groups (broad SMARTS) is 2. The van der Waals surface area contributed by atoms with E-state index < -0.39 is 11.9 Å². The smallest absolute Gasteiger partial charge is 0.323 e. The number of rotatable bonds is 6. The normalized spacial score (nSPS) is 10.7. The van der Waals surface area contributed by atoms with Crippen molar-refractivity contribution in [3.05, 3.63) is 24.5 Å². The number of imidazole rings is 1. The van der Waals surface area contributed by atoms with Gasteiger partial charge in [0.2, 0.25) is 0 Å². The summed E-state index contributed by atoms with van der Waals surface area (Å²) in [5.41, 5.74) is 2.27. The molecule has 1 aromatic heterocycles. The lowest BCUT2D eigenvalue weighted by Crippen LogP contribution is -2.20. The second-order valence-corrected chi connectivity index (χ2v) is 4.50. The van der Waals surface area contributed by atoms with Crippen LogP contribution in [0.2, 0.25) is 0 Å². The summed E-state index contributed by atoms with van der Waals surface area (Å²) >= 11 is 0. The van der Waals surface area contributed by atoms with E-state index in [1.807, 2.05) is 17.0 Å². The highest BCUT2D eigenvalue weighted by molar-refractivity contribution is 5.81. The Bertz CT molecular complexity index is 650. The molecule has 0 saturated carbocycles. The van der Waals surface area contributed by atoms with E-state index in [1.165, 1.54) is 6.33 Å². The van der Waals surface area contributed by atoms with Crippen LogP contribution in [0.15, 0.2) is 24.5 Å². The molecule has 1 heterocycles. The van der Waals surface area contributed by atoms with E-state index >= 15 is 0 Å². The average Bonchev–Trinajstić information content (AvgIpc) is 2.77. The van der Waals surface area contributed by atoms with Gasteiger partial charge < -0.3 is 19.7 Å². The van der Waals surface area contributed by atoms with Crippen molar-refractivity contribution in [1.29, 1.82) is 0 Å². The Hall–Kier alpha value is -2.57. The maximum Gasteiger partial charge on any atom is 0.323 e. The van der Waals surface area contributed by atoms with Gasteiger partial charge in [-0.1, -0.05) is 0 Å². The predicted octanol–water partition coefficient (Wildman–Crippen LogP) is 1.03. The highest BCUT2D eigenvalue weighted by Crippen LogP contribution is 2.20. The van der Waals surface area contributed by atoms with Crippen LogP contribution in [-0.2, 0) is 16.1 Å². The van der Waals surface area contributed by atoms with Crippen molar-refractivity contribution in [3.8, 4) is 0 Å². The van der Waals surface area contributed by atoms with Gasteiger partial charge in [0.15, 0.2) is 0 Å². The van der Waals surface area contributed by atoms with Gasteiger partial charge in [-0.2, -0.15) is 0 Å². The minimum Gasteiger partial charge on any atom is -0.481 e. The highest BCUT2D eigenvalue weighted by atomic mass is 16.4. The Morgan fingerprint density at radius 2 is 2.05 bits per heavy atom. The fraction of sp³-hybridized carbons (Fsp3) is 0.308. The number of benzene rings is 1. The first-order valence-corrected chi connectivity index (χ1v) is 6.07. The first kappa shape index (κ1) is 13.9. The number of aromatic nitrogens is 2. The molecule has 0 amide bonds. The average molecular weight is 277 g/mol. The molecule has 106 valence electrons. The second kappa shape index (κ2) is 5.60. The van der Waals surface area contributed by atoms with E-state index in [0.29, 0.717) is 12.1 Å². The number of anilines is 1. The summed E-state index contributed by atoms with van der Waals surface area (Å²) in [6, 6.07) is 5.43. The van der Waals surface area contributed by atoms with Crippen LogP contribution in [0.3, 0.4) is 0 Å². The number of fused-ring (bicyclic) bond motifs is 1. The zero-order chi connectivity index (χ0) is 14.7. The second-order valence-electron chi connectivity index (χ2n) is 4.50. The van der Waals surface area contributed by atoms with Gasteiger partial charge in [0.1, 0.15) is 6.54 Å². The van der Waals surface area contributed by atoms with Crippen molar-refractivity contribution in [1.82, 2.24) is 9.55 Å². The van der Waals surface area contributed by atoms with E-state index in [1.54, 1.807) is 17.7 Å². The molecule has 0 bridgehead atoms. The van der Waals surface area contributed by atoms with E-state index in [0.717, 1.165) is 11.2 Å². The Kier molecular flexibility index (Phi) is 3.88. The van der Waals surface area contributed by atoms with Gasteiger partial charge in [0.05, 0.1) is 23.8 Å². The van der Waals surface area contributed by atoms with Crippen molar-refractivity contribution in [2.24, 2.45) is 0 Å². The fourth-order valence-corrected chi connectivity index (χ4v) is 1.95. The maximum atomic E-state index is 10.7. The Morgan fingerprint density at radius 3 is 2.70 bits per heavy atom. The van der Waals surface area contributed by atoms with Crippen molar-refractivity contribution < 1.29 is 19.8 Å². The quantitative estimate of drug-likeness (QED) is 0.818. The maximum absolute atomic E-state index is 10.7. The van der Waals surface area contributed by atoms with Crippen molar-refractivity contribution in [2.75, 3.05) is 18.5 Å². The van der Waals surface area contributed by atoms with Gasteiger partial charge in [-0.25, -0.2) is 4.98 Å². The van der Waals surface area contributed by atoms with E-state index in [2.05, 4.69) is 4.98 Å². The molecule has 0 atom stereocenters. The van der Waals surface area contributed by atoms with Gasteiger partial charge in [0.25, 0.3) is 0 Å². The summed E-state index contributed by atoms with van der Waals surface area (Å²) in [5, 5.41) is 17.5. The Balaban J connectivity index is 2.21. The molecule has 0 saturated heterocycles. The molecule has 0 radical (unpaired) electrons. The summed E-state index contributed by atoms with van der Waals surface area (Å²) in [5.74, 6) is -1.77. The number of aliphatic carboxylic acids is 2. The Labute approximate surface area is 115 Å². The predicted molar refractivity (Wildman–Crippen MR) is 72.9 cm³/mol. The molecule has 20 heavy (non-hydrogen) atoms. The molecule has 7 nitrogen and oxygen atoms in total. The van der Waals surface area contributed by atoms with Crippen LogP contribution in [0.25, 0.3) is 11.0 Å². The zero-order valence-electron chi connectivity index (χ0n) is 11.0. The molecule has 1 aromatic carbocycles. The molecule has 2 aromatic rings. The van der Waals surface area contributed by atoms with Crippen LogP contribution < -0.4 is 4.90 Å². The molecule has 0 aliphatic rings. The number of hydrogen-bond acceptors (Lipinski definition) is 4. The number of hydrogen-bond donors (Lipinski definition) is 2. The molecule has 0 aliphatic heterocycles. The molecule has 0 aliphatic carbocycles. The van der Waals surface area contributed by atoms with E-state index in [-0.39, 0.29) is 13.0 Å². The van der Waals surface area contributed by atoms with Crippen LogP contribution in [0, 0.1) is 0 Å². The lowest BCUT2D eigenvalue weighted by Gasteiger charge is -2.18. The highest BCUT2D eigenvalue weighted by Gasteiger charge is 2.09. The molecule has 2 rings (SSSR count). The standard InChI is InChI=1S/C13H15N3O4/c1-15(5-4-12(17)18)9-2-3-11-10(6-9)14-8-16(11)7-13(19)20/h2-3,6,8H,4-5,7H2,1H3,(H,17,18)(H,19,20). The van der Waals surface area contributed by atoms with Crippen LogP contribution in [-0.4, -0.2) is 45.3 Å². The van der Waals surface area contributed by atoms with E-state index in [9.17, 15) is 9.59 Å². The van der Waals surface area contributed by atoms with Crippen LogP contribution >= 0.6 is 0 Å². The first-order valence-electron chi connectivity index (χ1n) is 6.07. The third-order valence-corrected chi connectivity index (χ3v) is 3.01. The lowest BCUT2D eigenvalue weighted by atomic mass is 10.2. The van der Waals surface area contributed by atoms with Gasteiger partial charge in [0, 0.05) is 19.3 Å². The van der Waals surface area contributed by atoms with Gasteiger partial charge in [-0.05, 0) is 18.2 Å². The fourth-order valence-electron chi connectivity index (χ4n) is 1.95. The molecule has 0 fully saturated rings. The summed E-state index contributed by atoms with van der Waals surface area (Å²) in [6.07, 6.45) is 1.54. The van der Waals surface area contributed by atoms with Crippen LogP contribution in [0.5, 0.6) is 0 Å². The van der Waals surface area contributed by atoms with Crippen molar-refractivity contribution in [3.63, 3.8) is 0 Å². The summed E-state index contributed by atoms with van der Waals surface area (Å²) in [6.45, 7) is 0.265. The molecule has 0 unspecified atom stereocenters. The topological polar surface area (TPSA) is 95.7 Å². The number of nitrogens with zero attached hydrogens (tertiary/aromatic N) is 3. The number of carboxylic acids is 2. The lowest BCUT2D eigenvalue weighted by molar-refractivity contribution is -0.138. The van der Waals surface area contributed by atoms with Gasteiger partial charge in [-0.15, -0.1) is 0 Å². The zero-order valence-corrected chi connectivity index (χ0v) is 11.0. The van der Waals surface area contributed by atoms with Gasteiger partial charge in [-0.3, -0.25) is 9.59 Å². The summed E-state index contributed by atoms with van der Waals surface area (Å²) < 4.78 is 1.55. The molecule has 2 N–H and O–H groups in total. The van der Waals surface area contributed by atoms with Gasteiger partial charge >= 0.3 is 11.9 Å².